The van der Waals surface area contributed by atoms with Crippen molar-refractivity contribution in [2.24, 2.45) is 0 Å². The third kappa shape index (κ3) is 63.6. The van der Waals surface area contributed by atoms with Crippen LogP contribution in [0.3, 0.4) is 0 Å². The Balaban J connectivity index is -0.0000000133. The van der Waals surface area contributed by atoms with Crippen molar-refractivity contribution in [1.82, 2.24) is 0 Å². The first kappa shape index (κ1) is 16.1. The second-order valence-corrected chi connectivity index (χ2v) is 1.80. The smallest absolute Gasteiger partial charge is 1.00 e. The van der Waals surface area contributed by atoms with Crippen LogP contribution in [-0.4, -0.2) is 77.1 Å². The van der Waals surface area contributed by atoms with Gasteiger partial charge in [0.25, 0.3) is 0 Å². The zero-order valence-corrected chi connectivity index (χ0v) is 12.1. The summed E-state index contributed by atoms with van der Waals surface area (Å²) in [6, 6.07) is 0. The van der Waals surface area contributed by atoms with Gasteiger partial charge in [0.15, 0.2) is 0 Å². The van der Waals surface area contributed by atoms with Crippen molar-refractivity contribution in [3.05, 3.63) is 0 Å². The molecule has 0 rings (SSSR count). The first-order chi connectivity index (χ1) is 2.00. The van der Waals surface area contributed by atoms with Crippen LogP contribution < -0.4 is 0 Å². The summed E-state index contributed by atoms with van der Waals surface area (Å²) < 4.78 is 0. The van der Waals surface area contributed by atoms with Crippen molar-refractivity contribution in [1.29, 1.82) is 0 Å². The molecule has 0 amide bonds. The summed E-state index contributed by atoms with van der Waals surface area (Å²) in [7, 11) is -4.61. The SMILES string of the molecule is O[Si](O)(O)O.[Ba+2].[H-].[H-].[Zn]. The fourth-order valence-electron chi connectivity index (χ4n) is 0. The maximum absolute atomic E-state index is 7.33. The van der Waals surface area contributed by atoms with Crippen molar-refractivity contribution in [2.45, 2.75) is 0 Å². The first-order valence-corrected chi connectivity index (χ1v) is 2.68. The zero-order chi connectivity index (χ0) is 4.50. The fraction of sp³-hybridized carbons (Fsp3) is 0. The van der Waals surface area contributed by atoms with Gasteiger partial charge in [-0.15, -0.1) is 0 Å². The second-order valence-electron chi connectivity index (χ2n) is 0.600. The second kappa shape index (κ2) is 6.37. The van der Waals surface area contributed by atoms with Gasteiger partial charge in [-0.05, 0) is 0 Å². The molecule has 0 aromatic heterocycles. The van der Waals surface area contributed by atoms with Crippen molar-refractivity contribution < 1.29 is 41.5 Å². The van der Waals surface area contributed by atoms with Crippen LogP contribution in [0.1, 0.15) is 2.85 Å². The summed E-state index contributed by atoms with van der Waals surface area (Å²) in [4.78, 5) is 29.3. The van der Waals surface area contributed by atoms with Crippen LogP contribution in [0.2, 0.25) is 0 Å². The van der Waals surface area contributed by atoms with Gasteiger partial charge in [0.05, 0.1) is 0 Å². The van der Waals surface area contributed by atoms with Crippen LogP contribution in [-0.2, 0) is 19.5 Å². The molecule has 0 spiro atoms. The van der Waals surface area contributed by atoms with Crippen molar-refractivity contribution in [3.8, 4) is 0 Å². The molecular weight excluding hydrogens is 295 g/mol. The Hall–Kier alpha value is 2.25. The molecule has 0 unspecified atom stereocenters. The molecule has 0 aromatic rings. The molecule has 0 bridgehead atoms. The summed E-state index contributed by atoms with van der Waals surface area (Å²) in [5, 5.41) is 0. The minimum atomic E-state index is -4.61. The van der Waals surface area contributed by atoms with Crippen LogP contribution in [0.5, 0.6) is 0 Å². The quantitative estimate of drug-likeness (QED) is 0.365. The van der Waals surface area contributed by atoms with Crippen LogP contribution in [0.15, 0.2) is 0 Å². The zero-order valence-electron chi connectivity index (χ0n) is 5.70. The fourth-order valence-corrected chi connectivity index (χ4v) is 0. The summed E-state index contributed by atoms with van der Waals surface area (Å²) in [6.07, 6.45) is 0. The third-order valence-corrected chi connectivity index (χ3v) is 0. The Morgan fingerprint density at radius 3 is 1.00 bits per heavy atom. The molecule has 4 N–H and O–H groups in total. The van der Waals surface area contributed by atoms with E-state index >= 15 is 0 Å². The topological polar surface area (TPSA) is 80.9 Å². The van der Waals surface area contributed by atoms with Gasteiger partial charge in [-0.1, -0.05) is 0 Å². The number of hydrogen-bond acceptors (Lipinski definition) is 4. The van der Waals surface area contributed by atoms with Crippen molar-refractivity contribution in [2.75, 3.05) is 0 Å². The first-order valence-electron chi connectivity index (χ1n) is 0.894. The molecule has 0 aliphatic heterocycles. The van der Waals surface area contributed by atoms with E-state index in [9.17, 15) is 0 Å². The van der Waals surface area contributed by atoms with Gasteiger partial charge < -0.3 is 22.0 Å². The molecule has 0 atom stereocenters. The van der Waals surface area contributed by atoms with Gasteiger partial charge >= 0.3 is 57.9 Å². The van der Waals surface area contributed by atoms with Gasteiger partial charge in [0.1, 0.15) is 0 Å². The van der Waals surface area contributed by atoms with E-state index in [0.717, 1.165) is 0 Å². The minimum Gasteiger partial charge on any atom is -1.00 e. The molecule has 4 nitrogen and oxygen atoms in total. The molecule has 7 heteroatoms. The van der Waals surface area contributed by atoms with Crippen LogP contribution in [0.25, 0.3) is 0 Å². The Morgan fingerprint density at radius 1 is 1.00 bits per heavy atom. The third-order valence-electron chi connectivity index (χ3n) is 0. The van der Waals surface area contributed by atoms with Gasteiger partial charge in [-0.2, -0.15) is 0 Å². The maximum Gasteiger partial charge on any atom is 2.00 e. The van der Waals surface area contributed by atoms with E-state index in [1.807, 2.05) is 0 Å². The van der Waals surface area contributed by atoms with E-state index in [1.54, 1.807) is 0 Å². The Morgan fingerprint density at radius 2 is 1.00 bits per heavy atom. The van der Waals surface area contributed by atoms with Gasteiger partial charge in [0, 0.05) is 19.5 Å². The minimum absolute atomic E-state index is 0. The standard InChI is InChI=1S/Ba.H4O4Si.Zn.2H/c;1-5(2,3)4;;;/h;1-4H;;;/q+2;;;2*-1. The molecule has 0 aliphatic rings. The molecule has 7 heavy (non-hydrogen) atoms. The Kier molecular flexibility index (Phi) is 14.7. The molecule has 0 aromatic carbocycles. The molecule has 0 radical (unpaired) electrons. The Bertz CT molecular complexity index is 34.0. The van der Waals surface area contributed by atoms with Crippen molar-refractivity contribution in [3.63, 3.8) is 0 Å². The van der Waals surface area contributed by atoms with Gasteiger partial charge in [-0.3, -0.25) is 0 Å². The molecule has 0 fully saturated rings. The molecule has 0 aliphatic carbocycles. The van der Waals surface area contributed by atoms with E-state index in [-0.39, 0.29) is 71.2 Å². The van der Waals surface area contributed by atoms with E-state index in [4.69, 9.17) is 19.2 Å². The monoisotopic (exact) mass is 300 g/mol. The molecule has 0 heterocycles. The van der Waals surface area contributed by atoms with E-state index in [1.165, 1.54) is 0 Å². The summed E-state index contributed by atoms with van der Waals surface area (Å²) in [5.74, 6) is 0. The number of rotatable bonds is 0. The molecular formula is H6BaO4SiZn. The van der Waals surface area contributed by atoms with Crippen LogP contribution >= 0.6 is 0 Å². The molecule has 0 saturated carbocycles. The normalized spacial score (nSPS) is 8.57. The number of hydrogen-bond donors (Lipinski definition) is 4. The van der Waals surface area contributed by atoms with E-state index < -0.39 is 9.05 Å². The van der Waals surface area contributed by atoms with Gasteiger partial charge in [0.2, 0.25) is 0 Å². The van der Waals surface area contributed by atoms with Gasteiger partial charge in [-0.25, -0.2) is 0 Å². The average molecular weight is 301 g/mol. The largest absolute Gasteiger partial charge is 2.00 e. The van der Waals surface area contributed by atoms with Crippen LogP contribution in [0.4, 0.5) is 0 Å². The molecule has 0 saturated heterocycles. The summed E-state index contributed by atoms with van der Waals surface area (Å²) in [5.41, 5.74) is 0. The van der Waals surface area contributed by atoms with Crippen LogP contribution in [0, 0.1) is 0 Å². The van der Waals surface area contributed by atoms with E-state index in [2.05, 4.69) is 0 Å². The van der Waals surface area contributed by atoms with E-state index in [0.29, 0.717) is 0 Å². The predicted octanol–water partition coefficient (Wildman–Crippen LogP) is -2.77. The molecule has 38 valence electrons. The predicted molar refractivity (Wildman–Crippen MR) is 22.6 cm³/mol. The Labute approximate surface area is 97.9 Å². The average Bonchev–Trinajstić information content (AvgIpc) is 0.722. The van der Waals surface area contributed by atoms with Crippen molar-refractivity contribution >= 4 is 57.9 Å². The summed E-state index contributed by atoms with van der Waals surface area (Å²) >= 11 is 0. The summed E-state index contributed by atoms with van der Waals surface area (Å²) in [6.45, 7) is 0. The maximum atomic E-state index is 7.33.